The van der Waals surface area contributed by atoms with Crippen LogP contribution >= 0.6 is 11.6 Å². The summed E-state index contributed by atoms with van der Waals surface area (Å²) in [5.74, 6) is 0.529. The molecule has 0 aliphatic carbocycles. The molecular formula is C10H11ClO. The molecule has 1 aromatic rings. The summed E-state index contributed by atoms with van der Waals surface area (Å²) in [7, 11) is 0. The molecule has 0 aliphatic heterocycles. The zero-order chi connectivity index (χ0) is 8.81. The topological polar surface area (TPSA) is 20.2 Å². The molecule has 0 heterocycles. The third-order valence-electron chi connectivity index (χ3n) is 1.52. The number of rotatable bonds is 3. The van der Waals surface area contributed by atoms with Crippen molar-refractivity contribution < 1.29 is 5.11 Å². The Morgan fingerprint density at radius 2 is 2.25 bits per heavy atom. The van der Waals surface area contributed by atoms with Gasteiger partial charge in [0.05, 0.1) is 6.61 Å². The van der Waals surface area contributed by atoms with E-state index in [-0.39, 0.29) is 6.61 Å². The first-order chi connectivity index (χ1) is 5.86. The Bertz CT molecular complexity index is 268. The van der Waals surface area contributed by atoms with Gasteiger partial charge in [0.25, 0.3) is 0 Å². The Hall–Kier alpha value is -0.790. The van der Waals surface area contributed by atoms with E-state index >= 15 is 0 Å². The van der Waals surface area contributed by atoms with E-state index in [4.69, 9.17) is 16.7 Å². The third kappa shape index (κ3) is 2.68. The van der Waals surface area contributed by atoms with Gasteiger partial charge in [0.1, 0.15) is 0 Å². The van der Waals surface area contributed by atoms with Crippen molar-refractivity contribution in [2.45, 2.75) is 5.88 Å². The Labute approximate surface area is 77.3 Å². The first-order valence-corrected chi connectivity index (χ1v) is 4.32. The molecule has 0 radical (unpaired) electrons. The number of aliphatic hydroxyl groups is 1. The second-order valence-electron chi connectivity index (χ2n) is 2.46. The molecule has 1 aromatic carbocycles. The largest absolute Gasteiger partial charge is 0.392 e. The lowest BCUT2D eigenvalue weighted by molar-refractivity contribution is 0.343. The van der Waals surface area contributed by atoms with E-state index in [0.717, 1.165) is 11.1 Å². The van der Waals surface area contributed by atoms with Crippen molar-refractivity contribution in [2.75, 3.05) is 6.61 Å². The zero-order valence-corrected chi connectivity index (χ0v) is 7.46. The highest BCUT2D eigenvalue weighted by Crippen LogP contribution is 2.08. The first kappa shape index (κ1) is 9.30. The van der Waals surface area contributed by atoms with Crippen LogP contribution in [0.3, 0.4) is 0 Å². The molecule has 0 fully saturated rings. The van der Waals surface area contributed by atoms with Gasteiger partial charge < -0.3 is 5.11 Å². The Morgan fingerprint density at radius 3 is 2.92 bits per heavy atom. The number of hydrogen-bond donors (Lipinski definition) is 1. The van der Waals surface area contributed by atoms with Crippen LogP contribution in [-0.2, 0) is 5.88 Å². The maximum absolute atomic E-state index is 8.54. The van der Waals surface area contributed by atoms with Crippen molar-refractivity contribution in [2.24, 2.45) is 0 Å². The summed E-state index contributed by atoms with van der Waals surface area (Å²) in [6.07, 6.45) is 3.57. The van der Waals surface area contributed by atoms with E-state index < -0.39 is 0 Å². The van der Waals surface area contributed by atoms with Crippen LogP contribution in [0.5, 0.6) is 0 Å². The van der Waals surface area contributed by atoms with Gasteiger partial charge in [-0.1, -0.05) is 36.4 Å². The van der Waals surface area contributed by atoms with Crippen LogP contribution in [0.25, 0.3) is 6.08 Å². The van der Waals surface area contributed by atoms with Crippen molar-refractivity contribution in [3.05, 3.63) is 41.5 Å². The molecule has 0 unspecified atom stereocenters. The van der Waals surface area contributed by atoms with Crippen molar-refractivity contribution >= 4 is 17.7 Å². The summed E-state index contributed by atoms with van der Waals surface area (Å²) in [6.45, 7) is 0.0745. The molecule has 0 saturated heterocycles. The van der Waals surface area contributed by atoms with Crippen LogP contribution in [-0.4, -0.2) is 11.7 Å². The Balaban J connectivity index is 2.79. The highest BCUT2D eigenvalue weighted by Gasteiger charge is 1.89. The van der Waals surface area contributed by atoms with E-state index in [9.17, 15) is 0 Å². The monoisotopic (exact) mass is 182 g/mol. The molecule has 1 rings (SSSR count). The van der Waals surface area contributed by atoms with Crippen molar-refractivity contribution in [1.29, 1.82) is 0 Å². The second kappa shape index (κ2) is 4.96. The number of hydrogen-bond acceptors (Lipinski definition) is 1. The van der Waals surface area contributed by atoms with Gasteiger partial charge in [0.2, 0.25) is 0 Å². The van der Waals surface area contributed by atoms with Gasteiger partial charge >= 0.3 is 0 Å². The molecule has 12 heavy (non-hydrogen) atoms. The lowest BCUT2D eigenvalue weighted by Gasteiger charge is -1.96. The Kier molecular flexibility index (Phi) is 3.85. The van der Waals surface area contributed by atoms with Crippen LogP contribution in [0.2, 0.25) is 0 Å². The number of alkyl halides is 1. The van der Waals surface area contributed by atoms with E-state index in [0.29, 0.717) is 5.88 Å². The fourth-order valence-electron chi connectivity index (χ4n) is 0.969. The third-order valence-corrected chi connectivity index (χ3v) is 1.83. The summed E-state index contributed by atoms with van der Waals surface area (Å²) in [5, 5.41) is 8.54. The minimum absolute atomic E-state index is 0.0745. The first-order valence-electron chi connectivity index (χ1n) is 3.79. The number of aliphatic hydroxyl groups excluding tert-OH is 1. The molecule has 2 heteroatoms. The van der Waals surface area contributed by atoms with E-state index in [2.05, 4.69) is 0 Å². The molecule has 0 spiro atoms. The number of halogens is 1. The highest BCUT2D eigenvalue weighted by molar-refractivity contribution is 6.17. The molecule has 0 aromatic heterocycles. The normalized spacial score (nSPS) is 10.8. The van der Waals surface area contributed by atoms with Gasteiger partial charge in [-0.3, -0.25) is 0 Å². The van der Waals surface area contributed by atoms with E-state index in [1.807, 2.05) is 30.3 Å². The van der Waals surface area contributed by atoms with E-state index in [1.54, 1.807) is 6.08 Å². The van der Waals surface area contributed by atoms with Crippen molar-refractivity contribution in [1.82, 2.24) is 0 Å². The molecule has 64 valence electrons. The lowest BCUT2D eigenvalue weighted by Crippen LogP contribution is -1.79. The smallest absolute Gasteiger partial charge is 0.0615 e. The molecule has 0 saturated carbocycles. The summed E-state index contributed by atoms with van der Waals surface area (Å²) >= 11 is 5.66. The lowest BCUT2D eigenvalue weighted by atomic mass is 10.1. The van der Waals surface area contributed by atoms with Gasteiger partial charge in [-0.25, -0.2) is 0 Å². The number of benzene rings is 1. The molecule has 1 nitrogen and oxygen atoms in total. The van der Waals surface area contributed by atoms with Crippen LogP contribution in [0, 0.1) is 0 Å². The zero-order valence-electron chi connectivity index (χ0n) is 6.70. The molecule has 0 bridgehead atoms. The predicted molar refractivity (Wildman–Crippen MR) is 52.1 cm³/mol. The van der Waals surface area contributed by atoms with Crippen LogP contribution in [0.1, 0.15) is 11.1 Å². The maximum Gasteiger partial charge on any atom is 0.0615 e. The molecule has 1 N–H and O–H groups in total. The van der Waals surface area contributed by atoms with Crippen molar-refractivity contribution in [3.63, 3.8) is 0 Å². The van der Waals surface area contributed by atoms with Gasteiger partial charge in [0, 0.05) is 5.88 Å². The molecule has 0 atom stereocenters. The second-order valence-corrected chi connectivity index (χ2v) is 2.73. The van der Waals surface area contributed by atoms with Crippen LogP contribution < -0.4 is 0 Å². The fraction of sp³-hybridized carbons (Fsp3) is 0.200. The van der Waals surface area contributed by atoms with Gasteiger partial charge in [-0.05, 0) is 11.1 Å². The summed E-state index contributed by atoms with van der Waals surface area (Å²) in [4.78, 5) is 0. The minimum atomic E-state index is 0.0745. The van der Waals surface area contributed by atoms with Gasteiger partial charge in [-0.15, -0.1) is 11.6 Å². The molecular weight excluding hydrogens is 172 g/mol. The summed E-state index contributed by atoms with van der Waals surface area (Å²) in [6, 6.07) is 7.90. The van der Waals surface area contributed by atoms with Gasteiger partial charge in [0.15, 0.2) is 0 Å². The van der Waals surface area contributed by atoms with Crippen LogP contribution in [0.4, 0.5) is 0 Å². The standard InChI is InChI=1S/C10H11ClO/c11-8-10-4-1-3-9(7-10)5-2-6-12/h1-5,7,12H,6,8H2/b5-2+. The van der Waals surface area contributed by atoms with E-state index in [1.165, 1.54) is 0 Å². The quantitative estimate of drug-likeness (QED) is 0.712. The summed E-state index contributed by atoms with van der Waals surface area (Å²) < 4.78 is 0. The SMILES string of the molecule is OC/C=C/c1cccc(CCl)c1. The molecule has 0 amide bonds. The molecule has 0 aliphatic rings. The fourth-order valence-corrected chi connectivity index (χ4v) is 1.13. The highest BCUT2D eigenvalue weighted by atomic mass is 35.5. The predicted octanol–water partition coefficient (Wildman–Crippen LogP) is 2.43. The summed E-state index contributed by atoms with van der Waals surface area (Å²) in [5.41, 5.74) is 2.17. The average Bonchev–Trinajstić information content (AvgIpc) is 2.15. The maximum atomic E-state index is 8.54. The van der Waals surface area contributed by atoms with Gasteiger partial charge in [-0.2, -0.15) is 0 Å². The minimum Gasteiger partial charge on any atom is -0.392 e. The van der Waals surface area contributed by atoms with Crippen LogP contribution in [0.15, 0.2) is 30.3 Å². The van der Waals surface area contributed by atoms with Crippen molar-refractivity contribution in [3.8, 4) is 0 Å². The Morgan fingerprint density at radius 1 is 1.42 bits per heavy atom. The average molecular weight is 183 g/mol.